The Kier molecular flexibility index (Phi) is 8.46. The lowest BCUT2D eigenvalue weighted by Crippen LogP contribution is -2.54. The van der Waals surface area contributed by atoms with E-state index in [4.69, 9.17) is 24.4 Å². The highest BCUT2D eigenvalue weighted by molar-refractivity contribution is 6.63. The van der Waals surface area contributed by atoms with Gasteiger partial charge in [-0.15, -0.1) is 0 Å². The van der Waals surface area contributed by atoms with Crippen molar-refractivity contribution in [1.82, 2.24) is 24.4 Å². The van der Waals surface area contributed by atoms with Gasteiger partial charge in [-0.25, -0.2) is 18.7 Å². The molecule has 9 nitrogen and oxygen atoms in total. The molecular formula is C31H29BClFN6O3. The van der Waals surface area contributed by atoms with E-state index < -0.39 is 18.0 Å². The van der Waals surface area contributed by atoms with E-state index in [0.29, 0.717) is 42.1 Å². The third-order valence-corrected chi connectivity index (χ3v) is 7.87. The summed E-state index contributed by atoms with van der Waals surface area (Å²) in [4.78, 5) is 56.1. The van der Waals surface area contributed by atoms with E-state index in [9.17, 15) is 18.8 Å². The first-order chi connectivity index (χ1) is 20.6. The Hall–Kier alpha value is -4.38. The number of pyridine rings is 2. The average Bonchev–Trinajstić information content (AvgIpc) is 2.99. The number of hydrogen-bond acceptors (Lipinski definition) is 7. The summed E-state index contributed by atoms with van der Waals surface area (Å²) in [5.74, 6) is -0.0184. The second kappa shape index (κ2) is 12.1. The zero-order valence-corrected chi connectivity index (χ0v) is 24.8. The number of halogens is 2. The van der Waals surface area contributed by atoms with Crippen molar-refractivity contribution in [1.29, 1.82) is 0 Å². The number of amides is 1. The van der Waals surface area contributed by atoms with Crippen LogP contribution in [0.3, 0.4) is 0 Å². The molecule has 0 saturated carbocycles. The molecule has 218 valence electrons. The highest BCUT2D eigenvalue weighted by Gasteiger charge is 2.31. The second-order valence-corrected chi connectivity index (χ2v) is 11.1. The van der Waals surface area contributed by atoms with E-state index in [-0.39, 0.29) is 51.0 Å². The number of carbonyl (C=O) groups is 2. The highest BCUT2D eigenvalue weighted by atomic mass is 35.5. The summed E-state index contributed by atoms with van der Waals surface area (Å²) in [6.45, 7) is 9.60. The molecule has 4 heterocycles. The topological polar surface area (TPSA) is 101 Å². The third-order valence-electron chi connectivity index (χ3n) is 7.59. The molecule has 1 aliphatic rings. The van der Waals surface area contributed by atoms with Gasteiger partial charge in [0.15, 0.2) is 13.5 Å². The minimum atomic E-state index is -0.853. The number of alkyl halides is 1. The Balaban J connectivity index is 1.85. The number of piperazine rings is 1. The van der Waals surface area contributed by atoms with Gasteiger partial charge in [0.2, 0.25) is 5.91 Å². The number of nitrogens with zero attached hydrogens (tertiary/aromatic N) is 6. The van der Waals surface area contributed by atoms with Gasteiger partial charge in [0.1, 0.15) is 18.2 Å². The minimum Gasteiger partial charge on any atom is -0.350 e. The van der Waals surface area contributed by atoms with E-state index >= 15 is 0 Å². The van der Waals surface area contributed by atoms with E-state index in [2.05, 4.69) is 16.5 Å². The molecule has 0 bridgehead atoms. The Morgan fingerprint density at radius 3 is 2.60 bits per heavy atom. The highest BCUT2D eigenvalue weighted by Crippen LogP contribution is 2.36. The number of rotatable bonds is 7. The molecule has 1 aromatic carbocycles. The van der Waals surface area contributed by atoms with Crippen molar-refractivity contribution in [2.45, 2.75) is 39.4 Å². The number of carbonyl (C=O) groups excluding carboxylic acids is 2. The predicted octanol–water partition coefficient (Wildman–Crippen LogP) is 4.62. The van der Waals surface area contributed by atoms with Gasteiger partial charge in [0.05, 0.1) is 27.5 Å². The quantitative estimate of drug-likeness (QED) is 0.226. The maximum Gasteiger partial charge on any atom is 0.355 e. The summed E-state index contributed by atoms with van der Waals surface area (Å²) < 4.78 is 15.7. The molecule has 43 heavy (non-hydrogen) atoms. The molecule has 3 aromatic heterocycles. The fourth-order valence-corrected chi connectivity index (χ4v) is 5.77. The van der Waals surface area contributed by atoms with Crippen LogP contribution in [0, 0.1) is 0 Å². The fraction of sp³-hybridized carbons (Fsp3) is 0.290. The van der Waals surface area contributed by atoms with Crippen molar-refractivity contribution in [2.24, 2.45) is 0 Å². The lowest BCUT2D eigenvalue weighted by atomic mass is 9.90. The summed E-state index contributed by atoms with van der Waals surface area (Å²) in [6.07, 6.45) is 2.78. The molecule has 1 saturated heterocycles. The number of anilines is 1. The van der Waals surface area contributed by atoms with Gasteiger partial charge in [-0.2, -0.15) is 4.98 Å². The van der Waals surface area contributed by atoms with Crippen molar-refractivity contribution in [2.75, 3.05) is 24.5 Å². The SMILES string of the molecule is [B]C(=O)c1ccccc1-c1nc2c(cc1Cl)c(N1CCN(C(=O)C=C)C[C@@H]1C)nc(=O)n2-c1c(CF)ccnc1C(C)C. The van der Waals surface area contributed by atoms with Crippen molar-refractivity contribution in [3.8, 4) is 16.9 Å². The van der Waals surface area contributed by atoms with Gasteiger partial charge >= 0.3 is 5.69 Å². The number of fused-ring (bicyclic) bond motifs is 1. The Morgan fingerprint density at radius 2 is 1.95 bits per heavy atom. The summed E-state index contributed by atoms with van der Waals surface area (Å²) >= 11 is 6.84. The molecule has 1 amide bonds. The van der Waals surface area contributed by atoms with Crippen LogP contribution in [0.5, 0.6) is 0 Å². The summed E-state index contributed by atoms with van der Waals surface area (Å²) in [7, 11) is 5.66. The van der Waals surface area contributed by atoms with Crippen molar-refractivity contribution in [3.05, 3.63) is 87.6 Å². The fourth-order valence-electron chi connectivity index (χ4n) is 5.52. The Morgan fingerprint density at radius 1 is 1.21 bits per heavy atom. The van der Waals surface area contributed by atoms with Gasteiger partial charge in [-0.3, -0.25) is 9.78 Å². The predicted molar refractivity (Wildman–Crippen MR) is 166 cm³/mol. The zero-order chi connectivity index (χ0) is 31.0. The molecule has 0 aliphatic carbocycles. The number of benzene rings is 1. The standard InChI is InChI=1S/C31H29BClFN6O3/c1-5-24(41)38-12-13-39(18(4)16-38)29-22-14-23(33)26(20-8-6-7-9-21(20)28(32)42)36-30(22)40(31(43)37-29)27-19(15-34)10-11-35-25(27)17(2)3/h5-11,14,17-18H,1,12-13,15-16H2,2-4H3/t18-/m0/s1. The smallest absolute Gasteiger partial charge is 0.350 e. The van der Waals surface area contributed by atoms with E-state index in [0.717, 1.165) is 0 Å². The van der Waals surface area contributed by atoms with Crippen LogP contribution >= 0.6 is 11.6 Å². The van der Waals surface area contributed by atoms with Gasteiger partial charge < -0.3 is 14.6 Å². The van der Waals surface area contributed by atoms with E-state index in [1.165, 1.54) is 22.9 Å². The first-order valence-electron chi connectivity index (χ1n) is 13.8. The largest absolute Gasteiger partial charge is 0.355 e. The van der Waals surface area contributed by atoms with Crippen LogP contribution in [0.15, 0.2) is 60.0 Å². The normalized spacial score (nSPS) is 15.3. The van der Waals surface area contributed by atoms with Crippen molar-refractivity contribution < 1.29 is 14.0 Å². The van der Waals surface area contributed by atoms with Crippen LogP contribution in [0.2, 0.25) is 5.02 Å². The minimum absolute atomic E-state index is 0.162. The molecular weight excluding hydrogens is 570 g/mol. The zero-order valence-electron chi connectivity index (χ0n) is 24.1. The lowest BCUT2D eigenvalue weighted by molar-refractivity contribution is -0.126. The van der Waals surface area contributed by atoms with Crippen LogP contribution in [0.4, 0.5) is 10.2 Å². The summed E-state index contributed by atoms with van der Waals surface area (Å²) in [6, 6.07) is 9.57. The molecule has 2 radical (unpaired) electrons. The van der Waals surface area contributed by atoms with E-state index in [1.54, 1.807) is 35.2 Å². The van der Waals surface area contributed by atoms with Gasteiger partial charge in [0, 0.05) is 48.6 Å². The maximum atomic E-state index is 14.4. The Labute approximate surface area is 254 Å². The molecule has 1 fully saturated rings. The summed E-state index contributed by atoms with van der Waals surface area (Å²) in [5.41, 5.74) is 0.605. The third kappa shape index (κ3) is 5.45. The molecule has 12 heteroatoms. The molecule has 0 N–H and O–H groups in total. The van der Waals surface area contributed by atoms with Crippen molar-refractivity contribution >= 4 is 47.9 Å². The van der Waals surface area contributed by atoms with Crippen LogP contribution < -0.4 is 10.6 Å². The lowest BCUT2D eigenvalue weighted by Gasteiger charge is -2.40. The molecule has 1 atom stereocenters. The second-order valence-electron chi connectivity index (χ2n) is 10.7. The average molecular weight is 599 g/mol. The maximum absolute atomic E-state index is 14.4. The summed E-state index contributed by atoms with van der Waals surface area (Å²) in [5, 5.41) is 0.632. The first-order valence-corrected chi connectivity index (χ1v) is 14.2. The molecule has 4 aromatic rings. The Bertz CT molecular complexity index is 1830. The molecule has 0 unspecified atom stereocenters. The molecule has 0 spiro atoms. The van der Waals surface area contributed by atoms with Gasteiger partial charge in [-0.1, -0.05) is 56.3 Å². The molecule has 1 aliphatic heterocycles. The van der Waals surface area contributed by atoms with Gasteiger partial charge in [-0.05, 0) is 31.1 Å². The van der Waals surface area contributed by atoms with Crippen LogP contribution in [0.25, 0.3) is 28.0 Å². The van der Waals surface area contributed by atoms with Crippen LogP contribution in [-0.2, 0) is 11.5 Å². The number of hydrogen-bond donors (Lipinski definition) is 0. The first kappa shape index (κ1) is 30.1. The van der Waals surface area contributed by atoms with Crippen LogP contribution in [0.1, 0.15) is 48.3 Å². The van der Waals surface area contributed by atoms with E-state index in [1.807, 2.05) is 25.7 Å². The van der Waals surface area contributed by atoms with Crippen molar-refractivity contribution in [3.63, 3.8) is 0 Å². The van der Waals surface area contributed by atoms with Gasteiger partial charge in [0.25, 0.3) is 0 Å². The molecule has 5 rings (SSSR count). The monoisotopic (exact) mass is 598 g/mol. The number of aromatic nitrogens is 4. The van der Waals surface area contributed by atoms with Crippen LogP contribution in [-0.4, -0.2) is 69.5 Å².